The Morgan fingerprint density at radius 3 is 2.42 bits per heavy atom. The Kier molecular flexibility index (Phi) is 8.37. The summed E-state index contributed by atoms with van der Waals surface area (Å²) in [6.07, 6.45) is -0.605. The number of nitriles is 1. The molecule has 2 fully saturated rings. The Morgan fingerprint density at radius 2 is 1.79 bits per heavy atom. The molecular formula is C29H21F5IN5O3. The third-order valence-corrected chi connectivity index (χ3v) is 8.20. The number of carbonyl (C=O) groups is 3. The predicted molar refractivity (Wildman–Crippen MR) is 151 cm³/mol. The normalized spacial score (nSPS) is 18.5. The predicted octanol–water partition coefficient (Wildman–Crippen LogP) is 5.16. The van der Waals surface area contributed by atoms with Crippen LogP contribution in [0.25, 0.3) is 0 Å². The van der Waals surface area contributed by atoms with E-state index in [-0.39, 0.29) is 18.4 Å². The first-order valence-electron chi connectivity index (χ1n) is 13.0. The number of halogens is 6. The zero-order chi connectivity index (χ0) is 31.1. The van der Waals surface area contributed by atoms with Crippen LogP contribution in [0.15, 0.2) is 54.7 Å². The molecule has 0 radical (unpaired) electrons. The zero-order valence-corrected chi connectivity index (χ0v) is 24.2. The molecule has 1 N–H and O–H groups in total. The first-order valence-corrected chi connectivity index (χ1v) is 14.1. The molecule has 2 atom stereocenters. The number of alkyl halides is 2. The number of carbonyl (C=O) groups excluding carboxylic acids is 3. The molecule has 1 aliphatic heterocycles. The summed E-state index contributed by atoms with van der Waals surface area (Å²) in [5.74, 6) is -9.53. The minimum atomic E-state index is -2.98. The summed E-state index contributed by atoms with van der Waals surface area (Å²) in [5.41, 5.74) is -0.635. The average Bonchev–Trinajstić information content (AvgIpc) is 3.31. The highest BCUT2D eigenvalue weighted by atomic mass is 127. The molecule has 43 heavy (non-hydrogen) atoms. The highest BCUT2D eigenvalue weighted by Gasteiger charge is 2.49. The quantitative estimate of drug-likeness (QED) is 0.270. The van der Waals surface area contributed by atoms with Crippen LogP contribution in [0.1, 0.15) is 42.9 Å². The van der Waals surface area contributed by atoms with Crippen LogP contribution in [0.5, 0.6) is 0 Å². The van der Waals surface area contributed by atoms with Gasteiger partial charge >= 0.3 is 0 Å². The van der Waals surface area contributed by atoms with Gasteiger partial charge in [0.25, 0.3) is 11.8 Å². The Morgan fingerprint density at radius 1 is 1.12 bits per heavy atom. The molecule has 222 valence electrons. The van der Waals surface area contributed by atoms with Crippen molar-refractivity contribution >= 4 is 51.8 Å². The lowest BCUT2D eigenvalue weighted by atomic mass is 9.87. The summed E-state index contributed by atoms with van der Waals surface area (Å²) in [4.78, 5) is 46.7. The van der Waals surface area contributed by atoms with E-state index in [1.165, 1.54) is 6.07 Å². The number of nitrogens with one attached hydrogen (secondary N) is 1. The monoisotopic (exact) mass is 709 g/mol. The SMILES string of the molecule is N#Cc1ccnc(N2C(=O)CC[C@H]2C(=O)N(c2cc(F)cc(F)c2)[C@H](C(=O)NC2CC(F)(F)C2)c2ccccc2I)c1F. The van der Waals surface area contributed by atoms with Gasteiger partial charge in [0, 0.05) is 41.1 Å². The molecule has 8 nitrogen and oxygen atoms in total. The minimum Gasteiger partial charge on any atom is -0.351 e. The maximum absolute atomic E-state index is 15.2. The van der Waals surface area contributed by atoms with Gasteiger partial charge in [-0.3, -0.25) is 24.2 Å². The molecule has 2 aromatic carbocycles. The number of rotatable bonds is 7. The summed E-state index contributed by atoms with van der Waals surface area (Å²) in [6.45, 7) is 0. The molecule has 14 heteroatoms. The highest BCUT2D eigenvalue weighted by Crippen LogP contribution is 2.40. The van der Waals surface area contributed by atoms with Crippen molar-refractivity contribution < 1.29 is 36.3 Å². The van der Waals surface area contributed by atoms with Crippen LogP contribution in [0, 0.1) is 32.4 Å². The van der Waals surface area contributed by atoms with E-state index in [4.69, 9.17) is 0 Å². The van der Waals surface area contributed by atoms with E-state index in [1.807, 2.05) is 22.6 Å². The average molecular weight is 709 g/mol. The first kappa shape index (κ1) is 30.3. The number of benzene rings is 2. The summed E-state index contributed by atoms with van der Waals surface area (Å²) >= 11 is 1.90. The van der Waals surface area contributed by atoms with E-state index in [0.717, 1.165) is 34.2 Å². The fourth-order valence-electron chi connectivity index (χ4n) is 5.25. The molecule has 1 saturated carbocycles. The van der Waals surface area contributed by atoms with Gasteiger partial charge in [0.1, 0.15) is 29.8 Å². The largest absolute Gasteiger partial charge is 0.351 e. The fraction of sp³-hybridized carbons (Fsp3) is 0.276. The molecule has 3 amide bonds. The third-order valence-electron chi connectivity index (χ3n) is 7.22. The van der Waals surface area contributed by atoms with Crippen molar-refractivity contribution in [3.63, 3.8) is 0 Å². The molecule has 1 saturated heterocycles. The Hall–Kier alpha value is -4.13. The van der Waals surface area contributed by atoms with Gasteiger partial charge in [0.2, 0.25) is 11.8 Å². The van der Waals surface area contributed by atoms with Crippen LogP contribution >= 0.6 is 22.6 Å². The van der Waals surface area contributed by atoms with Gasteiger partial charge in [0.05, 0.1) is 11.3 Å². The molecule has 0 spiro atoms. The number of pyridine rings is 1. The summed E-state index contributed by atoms with van der Waals surface area (Å²) in [5, 5.41) is 11.8. The molecule has 3 aromatic rings. The molecule has 1 aliphatic carbocycles. The van der Waals surface area contributed by atoms with Crippen LogP contribution in [0.3, 0.4) is 0 Å². The van der Waals surface area contributed by atoms with Gasteiger partial charge in [-0.2, -0.15) is 5.26 Å². The molecule has 5 rings (SSSR count). The highest BCUT2D eigenvalue weighted by molar-refractivity contribution is 14.1. The number of aromatic nitrogens is 1. The number of hydrogen-bond donors (Lipinski definition) is 1. The lowest BCUT2D eigenvalue weighted by Crippen LogP contribution is -2.56. The van der Waals surface area contributed by atoms with E-state index in [9.17, 15) is 37.2 Å². The van der Waals surface area contributed by atoms with E-state index >= 15 is 4.39 Å². The van der Waals surface area contributed by atoms with Crippen molar-refractivity contribution in [1.29, 1.82) is 5.26 Å². The number of anilines is 2. The molecule has 2 heterocycles. The van der Waals surface area contributed by atoms with E-state index < -0.39 is 89.1 Å². The Labute approximate surface area is 255 Å². The maximum Gasteiger partial charge on any atom is 0.252 e. The van der Waals surface area contributed by atoms with Crippen molar-refractivity contribution in [2.24, 2.45) is 0 Å². The Balaban J connectivity index is 1.65. The van der Waals surface area contributed by atoms with Crippen molar-refractivity contribution in [2.75, 3.05) is 9.80 Å². The second kappa shape index (κ2) is 11.9. The summed E-state index contributed by atoms with van der Waals surface area (Å²) in [7, 11) is 0. The van der Waals surface area contributed by atoms with Gasteiger partial charge in [-0.15, -0.1) is 0 Å². The first-order chi connectivity index (χ1) is 20.4. The molecule has 0 bridgehead atoms. The summed E-state index contributed by atoms with van der Waals surface area (Å²) < 4.78 is 72.0. The molecule has 1 aromatic heterocycles. The lowest BCUT2D eigenvalue weighted by Gasteiger charge is -2.39. The van der Waals surface area contributed by atoms with E-state index in [1.54, 1.807) is 24.3 Å². The van der Waals surface area contributed by atoms with Crippen LogP contribution in [0.2, 0.25) is 0 Å². The second-order valence-electron chi connectivity index (χ2n) is 10.2. The van der Waals surface area contributed by atoms with Gasteiger partial charge in [-0.25, -0.2) is 26.9 Å². The van der Waals surface area contributed by atoms with Gasteiger partial charge in [0.15, 0.2) is 11.6 Å². The van der Waals surface area contributed by atoms with Crippen LogP contribution in [-0.2, 0) is 14.4 Å². The van der Waals surface area contributed by atoms with E-state index in [0.29, 0.717) is 9.64 Å². The van der Waals surface area contributed by atoms with Crippen molar-refractivity contribution in [2.45, 2.75) is 49.7 Å². The zero-order valence-electron chi connectivity index (χ0n) is 22.0. The molecule has 0 unspecified atom stereocenters. The van der Waals surface area contributed by atoms with Crippen molar-refractivity contribution in [1.82, 2.24) is 10.3 Å². The Bertz CT molecular complexity index is 1640. The third kappa shape index (κ3) is 6.03. The topological polar surface area (TPSA) is 106 Å². The number of nitrogens with zero attached hydrogens (tertiary/aromatic N) is 4. The van der Waals surface area contributed by atoms with Crippen molar-refractivity contribution in [3.8, 4) is 6.07 Å². The molecule has 2 aliphatic rings. The van der Waals surface area contributed by atoms with Crippen LogP contribution in [-0.4, -0.2) is 40.7 Å². The molecular weight excluding hydrogens is 688 g/mol. The smallest absolute Gasteiger partial charge is 0.252 e. The van der Waals surface area contributed by atoms with Gasteiger partial charge < -0.3 is 5.32 Å². The van der Waals surface area contributed by atoms with Crippen LogP contribution < -0.4 is 15.1 Å². The van der Waals surface area contributed by atoms with Gasteiger partial charge in [-0.05, 0) is 58.8 Å². The number of hydrogen-bond acceptors (Lipinski definition) is 5. The lowest BCUT2D eigenvalue weighted by molar-refractivity contribution is -0.133. The number of amides is 3. The summed E-state index contributed by atoms with van der Waals surface area (Å²) in [6, 6.07) is 7.14. The minimum absolute atomic E-state index is 0.182. The van der Waals surface area contributed by atoms with Crippen molar-refractivity contribution in [3.05, 3.63) is 86.9 Å². The maximum atomic E-state index is 15.2. The fourth-order valence-corrected chi connectivity index (χ4v) is 5.93. The van der Waals surface area contributed by atoms with Gasteiger partial charge in [-0.1, -0.05) is 18.2 Å². The van der Waals surface area contributed by atoms with Crippen LogP contribution in [0.4, 0.5) is 33.5 Å². The second-order valence-corrected chi connectivity index (χ2v) is 11.3. The van der Waals surface area contributed by atoms with E-state index in [2.05, 4.69) is 10.3 Å². The standard InChI is InChI=1S/C29H21F5IN5O3/c30-16-9-17(31)11-19(10-16)39(25(20-3-1-2-4-21(20)35)27(42)38-18-12-29(33,34)13-18)28(43)22-5-6-23(41)40(22)26-24(32)15(14-36)7-8-37-26/h1-4,7-11,18,22,25H,5-6,12-13H2,(H,38,42)/t22-,25-/m0/s1.